The highest BCUT2D eigenvalue weighted by Crippen LogP contribution is 2.39. The Morgan fingerprint density at radius 3 is 2.90 bits per heavy atom. The van der Waals surface area contributed by atoms with Gasteiger partial charge in [-0.05, 0) is 44.4 Å². The lowest BCUT2D eigenvalue weighted by molar-refractivity contribution is 0.122. The molecule has 2 rings (SSSR count). The van der Waals surface area contributed by atoms with Crippen LogP contribution in [-0.4, -0.2) is 46.0 Å². The molecule has 21 heavy (non-hydrogen) atoms. The van der Waals surface area contributed by atoms with E-state index in [2.05, 4.69) is 22.4 Å². The molecule has 1 fully saturated rings. The molecule has 0 bridgehead atoms. The van der Waals surface area contributed by atoms with Crippen molar-refractivity contribution in [3.63, 3.8) is 0 Å². The van der Waals surface area contributed by atoms with Crippen molar-refractivity contribution in [2.24, 2.45) is 5.92 Å². The Hall–Kier alpha value is 0.180. The number of aliphatic hydroxyl groups is 1. The third-order valence-corrected chi connectivity index (χ3v) is 7.29. The molecule has 0 saturated heterocycles. The van der Waals surface area contributed by atoms with Gasteiger partial charge in [0.2, 0.25) is 0 Å². The predicted molar refractivity (Wildman–Crippen MR) is 92.5 cm³/mol. The monoisotopic (exact) mass is 347 g/mol. The van der Waals surface area contributed by atoms with Crippen LogP contribution in [0.3, 0.4) is 0 Å². The molecule has 1 aromatic rings. The SMILES string of the molecule is CCCNC1(CO)CCCC1CCSc1nnc(SC)s1. The van der Waals surface area contributed by atoms with Crippen LogP contribution in [0.2, 0.25) is 0 Å². The first-order chi connectivity index (χ1) is 10.2. The first-order valence-electron chi connectivity index (χ1n) is 7.60. The molecule has 1 heterocycles. The molecule has 2 N–H and O–H groups in total. The molecule has 1 saturated carbocycles. The Bertz CT molecular complexity index is 429. The van der Waals surface area contributed by atoms with E-state index in [1.54, 1.807) is 34.9 Å². The summed E-state index contributed by atoms with van der Waals surface area (Å²) >= 11 is 5.12. The number of hydrogen-bond donors (Lipinski definition) is 2. The minimum Gasteiger partial charge on any atom is -0.394 e. The highest BCUT2D eigenvalue weighted by atomic mass is 32.2. The molecule has 1 aliphatic carbocycles. The van der Waals surface area contributed by atoms with Crippen LogP contribution in [0, 0.1) is 5.92 Å². The lowest BCUT2D eigenvalue weighted by atomic mass is 9.85. The summed E-state index contributed by atoms with van der Waals surface area (Å²) in [4.78, 5) is 0. The van der Waals surface area contributed by atoms with E-state index in [0.29, 0.717) is 5.92 Å². The van der Waals surface area contributed by atoms with Crippen molar-refractivity contribution in [2.45, 2.75) is 53.2 Å². The maximum atomic E-state index is 9.87. The predicted octanol–water partition coefficient (Wildman–Crippen LogP) is 3.27. The summed E-state index contributed by atoms with van der Waals surface area (Å²) in [5, 5.41) is 21.8. The molecule has 0 aliphatic heterocycles. The van der Waals surface area contributed by atoms with Gasteiger partial charge in [-0.25, -0.2) is 0 Å². The van der Waals surface area contributed by atoms with Gasteiger partial charge < -0.3 is 10.4 Å². The third-order valence-electron chi connectivity index (χ3n) is 4.22. The number of nitrogens with one attached hydrogen (secondary N) is 1. The zero-order valence-electron chi connectivity index (χ0n) is 12.8. The molecular weight excluding hydrogens is 322 g/mol. The Labute approximate surface area is 139 Å². The molecule has 0 spiro atoms. The summed E-state index contributed by atoms with van der Waals surface area (Å²) < 4.78 is 2.10. The fraction of sp³-hybridized carbons (Fsp3) is 0.857. The van der Waals surface area contributed by atoms with Gasteiger partial charge in [0.15, 0.2) is 8.68 Å². The van der Waals surface area contributed by atoms with Gasteiger partial charge in [-0.15, -0.1) is 10.2 Å². The van der Waals surface area contributed by atoms with E-state index in [1.165, 1.54) is 12.8 Å². The van der Waals surface area contributed by atoms with Gasteiger partial charge in [-0.3, -0.25) is 0 Å². The largest absolute Gasteiger partial charge is 0.394 e. The van der Waals surface area contributed by atoms with Crippen LogP contribution in [0.1, 0.15) is 39.0 Å². The first kappa shape index (κ1) is 17.5. The van der Waals surface area contributed by atoms with Gasteiger partial charge >= 0.3 is 0 Å². The molecular formula is C14H25N3OS3. The second-order valence-corrected chi connectivity index (χ2v) is 8.88. The standard InChI is InChI=1S/C14H25N3OS3/c1-3-8-15-14(10-18)7-4-5-11(14)6-9-20-13-17-16-12(19-2)21-13/h11,15,18H,3-10H2,1-2H3. The van der Waals surface area contributed by atoms with Crippen LogP contribution in [0.25, 0.3) is 0 Å². The van der Waals surface area contributed by atoms with Crippen molar-refractivity contribution in [1.82, 2.24) is 15.5 Å². The summed E-state index contributed by atoms with van der Waals surface area (Å²) in [5.74, 6) is 1.64. The molecule has 0 amide bonds. The average molecular weight is 348 g/mol. The topological polar surface area (TPSA) is 58.0 Å². The zero-order valence-corrected chi connectivity index (χ0v) is 15.3. The van der Waals surface area contributed by atoms with Crippen LogP contribution in [0.4, 0.5) is 0 Å². The van der Waals surface area contributed by atoms with E-state index >= 15 is 0 Å². The Balaban J connectivity index is 1.83. The van der Waals surface area contributed by atoms with Crippen LogP contribution in [-0.2, 0) is 0 Å². The number of thioether (sulfide) groups is 2. The highest BCUT2D eigenvalue weighted by molar-refractivity contribution is 8.02. The van der Waals surface area contributed by atoms with E-state index < -0.39 is 0 Å². The van der Waals surface area contributed by atoms with E-state index in [0.717, 1.165) is 40.2 Å². The minimum atomic E-state index is -0.0396. The summed E-state index contributed by atoms with van der Waals surface area (Å²) in [6.07, 6.45) is 7.84. The minimum absolute atomic E-state index is 0.0396. The molecule has 0 radical (unpaired) electrons. The molecule has 7 heteroatoms. The maximum absolute atomic E-state index is 9.87. The van der Waals surface area contributed by atoms with Gasteiger partial charge in [-0.1, -0.05) is 48.2 Å². The van der Waals surface area contributed by atoms with Crippen molar-refractivity contribution in [2.75, 3.05) is 25.2 Å². The average Bonchev–Trinajstić information content (AvgIpc) is 3.12. The Morgan fingerprint density at radius 2 is 2.24 bits per heavy atom. The van der Waals surface area contributed by atoms with Crippen LogP contribution >= 0.6 is 34.9 Å². The van der Waals surface area contributed by atoms with Gasteiger partial charge in [0.05, 0.1) is 6.61 Å². The summed E-state index contributed by atoms with van der Waals surface area (Å²) in [6, 6.07) is 0. The lowest BCUT2D eigenvalue weighted by Gasteiger charge is -2.35. The van der Waals surface area contributed by atoms with Crippen LogP contribution in [0.15, 0.2) is 8.68 Å². The van der Waals surface area contributed by atoms with Gasteiger partial charge in [0, 0.05) is 11.3 Å². The van der Waals surface area contributed by atoms with Crippen molar-refractivity contribution < 1.29 is 5.11 Å². The quantitative estimate of drug-likeness (QED) is 0.669. The van der Waals surface area contributed by atoms with Crippen molar-refractivity contribution >= 4 is 34.9 Å². The van der Waals surface area contributed by atoms with Crippen molar-refractivity contribution in [1.29, 1.82) is 0 Å². The van der Waals surface area contributed by atoms with Gasteiger partial charge in [0.25, 0.3) is 0 Å². The van der Waals surface area contributed by atoms with Crippen LogP contribution < -0.4 is 5.32 Å². The number of aliphatic hydroxyl groups excluding tert-OH is 1. The van der Waals surface area contributed by atoms with Crippen LogP contribution in [0.5, 0.6) is 0 Å². The number of rotatable bonds is 9. The second kappa shape index (κ2) is 8.72. The van der Waals surface area contributed by atoms with E-state index in [9.17, 15) is 5.11 Å². The lowest BCUT2D eigenvalue weighted by Crippen LogP contribution is -2.51. The number of nitrogens with zero attached hydrogens (tertiary/aromatic N) is 2. The van der Waals surface area contributed by atoms with E-state index in [1.807, 2.05) is 6.26 Å². The van der Waals surface area contributed by atoms with Crippen molar-refractivity contribution in [3.05, 3.63) is 0 Å². The molecule has 1 aliphatic rings. The first-order valence-corrected chi connectivity index (χ1v) is 10.6. The van der Waals surface area contributed by atoms with Gasteiger partial charge in [-0.2, -0.15) is 0 Å². The maximum Gasteiger partial charge on any atom is 0.175 e. The Morgan fingerprint density at radius 1 is 1.43 bits per heavy atom. The second-order valence-electron chi connectivity index (χ2n) is 5.51. The summed E-state index contributed by atoms with van der Waals surface area (Å²) in [6.45, 7) is 3.44. The zero-order chi connectivity index (χ0) is 15.1. The normalized spacial score (nSPS) is 25.6. The molecule has 2 atom stereocenters. The third kappa shape index (κ3) is 4.58. The summed E-state index contributed by atoms with van der Waals surface area (Å²) in [7, 11) is 0. The number of hydrogen-bond acceptors (Lipinski definition) is 7. The van der Waals surface area contributed by atoms with E-state index in [4.69, 9.17) is 0 Å². The summed E-state index contributed by atoms with van der Waals surface area (Å²) in [5.41, 5.74) is -0.0396. The molecule has 4 nitrogen and oxygen atoms in total. The molecule has 1 aromatic heterocycles. The fourth-order valence-electron chi connectivity index (χ4n) is 3.06. The number of aromatic nitrogens is 2. The van der Waals surface area contributed by atoms with Gasteiger partial charge in [0.1, 0.15) is 0 Å². The van der Waals surface area contributed by atoms with E-state index in [-0.39, 0.29) is 12.1 Å². The smallest absolute Gasteiger partial charge is 0.175 e. The Kier molecular flexibility index (Phi) is 7.28. The fourth-order valence-corrected chi connectivity index (χ4v) is 5.62. The highest BCUT2D eigenvalue weighted by Gasteiger charge is 2.41. The molecule has 120 valence electrons. The molecule has 0 aromatic carbocycles. The van der Waals surface area contributed by atoms with Crippen molar-refractivity contribution in [3.8, 4) is 0 Å². The molecule has 2 unspecified atom stereocenters.